The van der Waals surface area contributed by atoms with Gasteiger partial charge in [-0.05, 0) is 61.2 Å². The predicted molar refractivity (Wildman–Crippen MR) is 200 cm³/mol. The molecule has 0 aliphatic carbocycles. The summed E-state index contributed by atoms with van der Waals surface area (Å²) in [6.45, 7) is 4.29. The van der Waals surface area contributed by atoms with Crippen molar-refractivity contribution in [1.82, 2.24) is 9.97 Å². The van der Waals surface area contributed by atoms with Crippen molar-refractivity contribution in [3.63, 3.8) is 0 Å². The molecule has 2 unspecified atom stereocenters. The molecule has 0 spiro atoms. The van der Waals surface area contributed by atoms with E-state index in [2.05, 4.69) is 174 Å². The minimum Gasteiger partial charge on any atom is -0.349 e. The molecular weight excluding hydrogens is 603 g/mol. The smallest absolute Gasteiger partial charge is 0.162 e. The Morgan fingerprint density at radius 1 is 0.633 bits per heavy atom. The Labute approximate surface area is 287 Å². The molecule has 0 amide bonds. The number of para-hydroxylation sites is 3. The van der Waals surface area contributed by atoms with Crippen molar-refractivity contribution in [2.75, 3.05) is 26.8 Å². The van der Waals surface area contributed by atoms with Crippen molar-refractivity contribution < 1.29 is 0 Å². The van der Waals surface area contributed by atoms with Gasteiger partial charge in [0.1, 0.15) is 18.0 Å². The van der Waals surface area contributed by atoms with Crippen LogP contribution in [-0.2, 0) is 0 Å². The van der Waals surface area contributed by atoms with Gasteiger partial charge in [-0.2, -0.15) is 5.10 Å². The molecule has 9 rings (SSSR count). The van der Waals surface area contributed by atoms with Crippen molar-refractivity contribution in [3.05, 3.63) is 162 Å². The van der Waals surface area contributed by atoms with Gasteiger partial charge in [-0.15, -0.1) is 0 Å². The molecule has 0 N–H and O–H groups in total. The highest BCUT2D eigenvalue weighted by molar-refractivity contribution is 6.12. The molecule has 4 heterocycles. The summed E-state index contributed by atoms with van der Waals surface area (Å²) in [4.78, 5) is 17.4. The molecule has 3 aliphatic rings. The number of aryl methyl sites for hydroxylation is 2. The lowest BCUT2D eigenvalue weighted by Gasteiger charge is -2.37. The van der Waals surface area contributed by atoms with Gasteiger partial charge in [-0.1, -0.05) is 109 Å². The van der Waals surface area contributed by atoms with Crippen molar-refractivity contribution in [2.24, 2.45) is 5.10 Å². The third-order valence-electron chi connectivity index (χ3n) is 10.3. The topological polar surface area (TPSA) is 51.1 Å². The zero-order valence-corrected chi connectivity index (χ0v) is 27.8. The van der Waals surface area contributed by atoms with Gasteiger partial charge in [-0.25, -0.2) is 15.0 Å². The van der Waals surface area contributed by atoms with Crippen LogP contribution in [0.3, 0.4) is 0 Å². The zero-order chi connectivity index (χ0) is 33.1. The number of benzene rings is 5. The molecule has 7 heteroatoms. The Kier molecular flexibility index (Phi) is 6.93. The second-order valence-corrected chi connectivity index (χ2v) is 13.1. The number of hydrogen-bond donors (Lipinski definition) is 0. The largest absolute Gasteiger partial charge is 0.349 e. The van der Waals surface area contributed by atoms with Gasteiger partial charge in [0.15, 0.2) is 17.5 Å². The highest BCUT2D eigenvalue weighted by atomic mass is 15.6. The summed E-state index contributed by atoms with van der Waals surface area (Å²) in [7, 11) is 2.19. The van der Waals surface area contributed by atoms with Gasteiger partial charge in [0, 0.05) is 35.5 Å². The van der Waals surface area contributed by atoms with E-state index in [0.29, 0.717) is 0 Å². The molecule has 6 aromatic rings. The summed E-state index contributed by atoms with van der Waals surface area (Å²) in [5.41, 5.74) is 10.3. The van der Waals surface area contributed by atoms with Crippen LogP contribution in [0.5, 0.6) is 0 Å². The number of aromatic nitrogens is 2. The van der Waals surface area contributed by atoms with Crippen LogP contribution in [-0.4, -0.2) is 35.2 Å². The first-order valence-corrected chi connectivity index (χ1v) is 17.0. The number of likely N-dealkylation sites (N-methyl/N-ethyl adjacent to an activating group) is 1. The minimum atomic E-state index is -0.0950. The summed E-state index contributed by atoms with van der Waals surface area (Å²) >= 11 is 0. The first-order chi connectivity index (χ1) is 24.1. The molecule has 0 radical (unpaired) electrons. The minimum absolute atomic E-state index is 0.0333. The highest BCUT2D eigenvalue weighted by Crippen LogP contribution is 2.55. The Hall–Kier alpha value is -5.95. The molecule has 1 aromatic heterocycles. The summed E-state index contributed by atoms with van der Waals surface area (Å²) in [5, 5.41) is 7.71. The number of rotatable bonds is 6. The van der Waals surface area contributed by atoms with E-state index in [4.69, 9.17) is 15.1 Å². The van der Waals surface area contributed by atoms with Gasteiger partial charge in [0.25, 0.3) is 0 Å². The van der Waals surface area contributed by atoms with Crippen LogP contribution in [0.4, 0.5) is 28.6 Å². The lowest BCUT2D eigenvalue weighted by atomic mass is 9.92. The van der Waals surface area contributed by atoms with Crippen LogP contribution in [0.2, 0.25) is 0 Å². The summed E-state index contributed by atoms with van der Waals surface area (Å²) in [5.74, 6) is 2.80. The molecule has 0 saturated heterocycles. The number of hydrazone groups is 1. The fourth-order valence-corrected chi connectivity index (χ4v) is 7.92. The molecule has 0 bridgehead atoms. The second-order valence-electron chi connectivity index (χ2n) is 13.1. The zero-order valence-electron chi connectivity index (χ0n) is 27.8. The van der Waals surface area contributed by atoms with Crippen LogP contribution in [0.15, 0.2) is 145 Å². The maximum absolute atomic E-state index is 5.45. The third kappa shape index (κ3) is 4.68. The quantitative estimate of drug-likeness (QED) is 0.182. The molecule has 7 nitrogen and oxygen atoms in total. The van der Waals surface area contributed by atoms with Gasteiger partial charge in [0.05, 0.1) is 11.9 Å². The molecule has 0 saturated carbocycles. The second kappa shape index (κ2) is 11.6. The average Bonchev–Trinajstić information content (AvgIpc) is 3.78. The normalized spacial score (nSPS) is 19.2. The molecule has 240 valence electrons. The van der Waals surface area contributed by atoms with Crippen LogP contribution >= 0.6 is 0 Å². The van der Waals surface area contributed by atoms with Crippen LogP contribution in [0.25, 0.3) is 11.4 Å². The average molecular weight is 640 g/mol. The van der Waals surface area contributed by atoms with E-state index in [1.807, 2.05) is 6.20 Å². The van der Waals surface area contributed by atoms with E-state index in [-0.39, 0.29) is 18.2 Å². The SMILES string of the molecule is Cc1ccccc1-c1ncc2c(n1)N1c3ccccc3[C@H](CC3N(c4ccccc4C)N=C(c4ccccc4)N3c3ccccc3)C1N2C. The van der Waals surface area contributed by atoms with Gasteiger partial charge >= 0.3 is 0 Å². The molecule has 49 heavy (non-hydrogen) atoms. The molecule has 5 aromatic carbocycles. The Balaban J connectivity index is 1.18. The first kappa shape index (κ1) is 29.2. The van der Waals surface area contributed by atoms with E-state index < -0.39 is 0 Å². The first-order valence-electron chi connectivity index (χ1n) is 17.0. The predicted octanol–water partition coefficient (Wildman–Crippen LogP) is 8.88. The van der Waals surface area contributed by atoms with Crippen LogP contribution in [0.1, 0.15) is 34.6 Å². The molecule has 0 fully saturated rings. The lowest BCUT2D eigenvalue weighted by Crippen LogP contribution is -2.47. The highest BCUT2D eigenvalue weighted by Gasteiger charge is 2.51. The van der Waals surface area contributed by atoms with Crippen molar-refractivity contribution >= 4 is 34.4 Å². The van der Waals surface area contributed by atoms with Crippen LogP contribution in [0, 0.1) is 13.8 Å². The number of hydrogen-bond acceptors (Lipinski definition) is 7. The summed E-state index contributed by atoms with van der Waals surface area (Å²) < 4.78 is 0. The number of fused-ring (bicyclic) bond motifs is 5. The maximum atomic E-state index is 5.45. The van der Waals surface area contributed by atoms with Gasteiger partial charge < -0.3 is 14.7 Å². The van der Waals surface area contributed by atoms with Crippen molar-refractivity contribution in [3.8, 4) is 11.4 Å². The van der Waals surface area contributed by atoms with Gasteiger partial charge in [-0.3, -0.25) is 0 Å². The van der Waals surface area contributed by atoms with Gasteiger partial charge in [0.2, 0.25) is 0 Å². The van der Waals surface area contributed by atoms with E-state index >= 15 is 0 Å². The van der Waals surface area contributed by atoms with Crippen LogP contribution < -0.4 is 19.7 Å². The van der Waals surface area contributed by atoms with E-state index in [1.165, 1.54) is 16.8 Å². The third-order valence-corrected chi connectivity index (χ3v) is 10.3. The Bertz CT molecular complexity index is 2200. The fourth-order valence-electron chi connectivity index (χ4n) is 7.92. The van der Waals surface area contributed by atoms with E-state index in [9.17, 15) is 0 Å². The monoisotopic (exact) mass is 639 g/mol. The molecule has 3 aliphatic heterocycles. The van der Waals surface area contributed by atoms with Crippen molar-refractivity contribution in [2.45, 2.75) is 38.5 Å². The summed E-state index contributed by atoms with van der Waals surface area (Å²) in [6.07, 6.45) is 2.76. The molecule has 3 atom stereocenters. The fraction of sp³-hybridized carbons (Fsp3) is 0.167. The van der Waals surface area contributed by atoms with E-state index in [1.54, 1.807) is 0 Å². The lowest BCUT2D eigenvalue weighted by molar-refractivity contribution is 0.472. The number of nitrogens with zero attached hydrogens (tertiary/aromatic N) is 7. The Morgan fingerprint density at radius 3 is 2.04 bits per heavy atom. The maximum Gasteiger partial charge on any atom is 0.162 e. The standard InChI is InChI=1S/C42H37N7/c1-28-16-10-12-22-32(28)39-43-27-37-41(44-39)48-36-25-15-13-23-33(36)34(42(48)46(37)3)26-38-47(31-20-8-5-9-21-31)40(30-18-6-4-7-19-30)45-49(38)35-24-14-11-17-29(35)2/h4-25,27,34,38,42H,26H2,1-3H3/t34-,38?,42?/m0/s1. The number of amidine groups is 1. The molecular formula is C42H37N7. The van der Waals surface area contributed by atoms with E-state index in [0.717, 1.165) is 57.7 Å². The number of anilines is 5. The Morgan fingerprint density at radius 2 is 1.29 bits per heavy atom. The summed E-state index contributed by atoms with van der Waals surface area (Å²) in [6, 6.07) is 47.0. The van der Waals surface area contributed by atoms with Crippen molar-refractivity contribution in [1.29, 1.82) is 0 Å².